The fraction of sp³-hybridized carbons (Fsp3) is 0.579. The molecule has 6 heteroatoms. The van der Waals surface area contributed by atoms with Crippen LogP contribution < -0.4 is 4.74 Å². The van der Waals surface area contributed by atoms with E-state index in [4.69, 9.17) is 32.7 Å². The van der Waals surface area contributed by atoms with Gasteiger partial charge in [-0.3, -0.25) is 9.59 Å². The summed E-state index contributed by atoms with van der Waals surface area (Å²) >= 11 is 11.7. The summed E-state index contributed by atoms with van der Waals surface area (Å²) in [7, 11) is 0. The second-order valence-electron chi connectivity index (χ2n) is 6.03. The molecule has 0 spiro atoms. The van der Waals surface area contributed by atoms with Crippen LogP contribution in [0.25, 0.3) is 0 Å². The largest absolute Gasteiger partial charge is 0.465 e. The Kier molecular flexibility index (Phi) is 10.6. The highest BCUT2D eigenvalue weighted by molar-refractivity contribution is 6.34. The zero-order valence-corrected chi connectivity index (χ0v) is 16.4. The molecule has 0 N–H and O–H groups in total. The minimum absolute atomic E-state index is 0.131. The SMILES string of the molecule is CCCCC(CC)COC(=O)CCCC(=O)Oc1cc(Cl)cc(Cl)c1. The molecule has 25 heavy (non-hydrogen) atoms. The Morgan fingerprint density at radius 1 is 1.00 bits per heavy atom. The lowest BCUT2D eigenvalue weighted by Crippen LogP contribution is -2.14. The summed E-state index contributed by atoms with van der Waals surface area (Å²) in [4.78, 5) is 23.5. The minimum Gasteiger partial charge on any atom is -0.465 e. The lowest BCUT2D eigenvalue weighted by molar-refractivity contribution is -0.145. The lowest BCUT2D eigenvalue weighted by Gasteiger charge is -2.14. The topological polar surface area (TPSA) is 52.6 Å². The van der Waals surface area contributed by atoms with E-state index in [-0.39, 0.29) is 18.8 Å². The monoisotopic (exact) mass is 388 g/mol. The number of hydrogen-bond donors (Lipinski definition) is 0. The maximum Gasteiger partial charge on any atom is 0.311 e. The Bertz CT molecular complexity index is 540. The molecule has 0 radical (unpaired) electrons. The van der Waals surface area contributed by atoms with Gasteiger partial charge in [0.1, 0.15) is 5.75 Å². The number of carbonyl (C=O) groups is 2. The van der Waals surface area contributed by atoms with E-state index in [0.29, 0.717) is 34.7 Å². The molecule has 0 fully saturated rings. The molecule has 0 aliphatic rings. The van der Waals surface area contributed by atoms with Gasteiger partial charge in [0.15, 0.2) is 0 Å². The van der Waals surface area contributed by atoms with Crippen molar-refractivity contribution < 1.29 is 19.1 Å². The quantitative estimate of drug-likeness (QED) is 0.353. The maximum absolute atomic E-state index is 11.8. The molecule has 1 atom stereocenters. The van der Waals surface area contributed by atoms with Gasteiger partial charge in [-0.1, -0.05) is 56.3 Å². The van der Waals surface area contributed by atoms with Crippen LogP contribution in [0.15, 0.2) is 18.2 Å². The van der Waals surface area contributed by atoms with Crippen LogP contribution in [0.3, 0.4) is 0 Å². The smallest absolute Gasteiger partial charge is 0.311 e. The molecule has 4 nitrogen and oxygen atoms in total. The fourth-order valence-electron chi connectivity index (χ4n) is 2.33. The molecule has 0 amide bonds. The average Bonchev–Trinajstić information content (AvgIpc) is 2.54. The van der Waals surface area contributed by atoms with E-state index >= 15 is 0 Å². The Morgan fingerprint density at radius 3 is 2.24 bits per heavy atom. The summed E-state index contributed by atoms with van der Waals surface area (Å²) in [5.41, 5.74) is 0. The number of esters is 2. The third-order valence-electron chi connectivity index (χ3n) is 3.85. The first-order valence-corrected chi connectivity index (χ1v) is 9.52. The van der Waals surface area contributed by atoms with Crippen molar-refractivity contribution in [1.82, 2.24) is 0 Å². The van der Waals surface area contributed by atoms with Crippen molar-refractivity contribution in [2.75, 3.05) is 6.61 Å². The summed E-state index contributed by atoms with van der Waals surface area (Å²) in [6.45, 7) is 4.71. The van der Waals surface area contributed by atoms with Crippen LogP contribution in [0.5, 0.6) is 5.75 Å². The first-order chi connectivity index (χ1) is 11.9. The van der Waals surface area contributed by atoms with Crippen LogP contribution in [-0.2, 0) is 14.3 Å². The van der Waals surface area contributed by atoms with Crippen LogP contribution in [0, 0.1) is 5.92 Å². The highest BCUT2D eigenvalue weighted by atomic mass is 35.5. The first-order valence-electron chi connectivity index (χ1n) is 8.77. The number of halogens is 2. The van der Waals surface area contributed by atoms with Crippen molar-refractivity contribution >= 4 is 35.1 Å². The molecule has 0 bridgehead atoms. The van der Waals surface area contributed by atoms with Crippen molar-refractivity contribution in [3.8, 4) is 5.75 Å². The van der Waals surface area contributed by atoms with Gasteiger partial charge in [-0.15, -0.1) is 0 Å². The van der Waals surface area contributed by atoms with E-state index in [1.54, 1.807) is 6.07 Å². The number of unbranched alkanes of at least 4 members (excludes halogenated alkanes) is 1. The van der Waals surface area contributed by atoms with Crippen molar-refractivity contribution in [1.29, 1.82) is 0 Å². The van der Waals surface area contributed by atoms with Gasteiger partial charge < -0.3 is 9.47 Å². The van der Waals surface area contributed by atoms with Gasteiger partial charge in [0.25, 0.3) is 0 Å². The molecular formula is C19H26Cl2O4. The molecule has 1 aromatic rings. The van der Waals surface area contributed by atoms with Crippen molar-refractivity contribution in [2.45, 2.75) is 58.8 Å². The fourth-order valence-corrected chi connectivity index (χ4v) is 2.83. The van der Waals surface area contributed by atoms with E-state index in [2.05, 4.69) is 13.8 Å². The summed E-state index contributed by atoms with van der Waals surface area (Å²) in [6.07, 6.45) is 5.09. The Morgan fingerprint density at radius 2 is 1.64 bits per heavy atom. The highest BCUT2D eigenvalue weighted by Gasteiger charge is 2.12. The zero-order chi connectivity index (χ0) is 18.7. The lowest BCUT2D eigenvalue weighted by atomic mass is 10.0. The second-order valence-corrected chi connectivity index (χ2v) is 6.91. The number of benzene rings is 1. The summed E-state index contributed by atoms with van der Waals surface area (Å²) in [5.74, 6) is 0.0160. The molecular weight excluding hydrogens is 363 g/mol. The molecule has 0 aromatic heterocycles. The molecule has 1 unspecified atom stereocenters. The van der Waals surface area contributed by atoms with Gasteiger partial charge in [-0.05, 0) is 37.0 Å². The summed E-state index contributed by atoms with van der Waals surface area (Å²) in [5, 5.41) is 0.792. The van der Waals surface area contributed by atoms with Crippen LogP contribution in [-0.4, -0.2) is 18.5 Å². The summed E-state index contributed by atoms with van der Waals surface area (Å²) in [6, 6.07) is 4.59. The predicted molar refractivity (Wildman–Crippen MR) is 100 cm³/mol. The van der Waals surface area contributed by atoms with E-state index in [1.807, 2.05) is 0 Å². The zero-order valence-electron chi connectivity index (χ0n) is 14.9. The molecule has 0 saturated carbocycles. The molecule has 0 heterocycles. The number of ether oxygens (including phenoxy) is 2. The molecule has 140 valence electrons. The van der Waals surface area contributed by atoms with Crippen molar-refractivity contribution in [2.24, 2.45) is 5.92 Å². The van der Waals surface area contributed by atoms with Crippen molar-refractivity contribution in [3.05, 3.63) is 28.2 Å². The maximum atomic E-state index is 11.8. The first kappa shape index (κ1) is 21.8. The van der Waals surface area contributed by atoms with Gasteiger partial charge in [-0.25, -0.2) is 0 Å². The van der Waals surface area contributed by atoms with Crippen LogP contribution in [0.2, 0.25) is 10.0 Å². The van der Waals surface area contributed by atoms with E-state index in [9.17, 15) is 9.59 Å². The predicted octanol–water partition coefficient (Wildman–Crippen LogP) is 5.83. The van der Waals surface area contributed by atoms with Gasteiger partial charge in [0.05, 0.1) is 6.61 Å². The minimum atomic E-state index is -0.430. The third-order valence-corrected chi connectivity index (χ3v) is 4.29. The third kappa shape index (κ3) is 9.71. The number of rotatable bonds is 11. The van der Waals surface area contributed by atoms with Crippen LogP contribution in [0.1, 0.15) is 58.8 Å². The summed E-state index contributed by atoms with van der Waals surface area (Å²) < 4.78 is 10.5. The second kappa shape index (κ2) is 12.2. The molecule has 0 aliphatic heterocycles. The molecule has 1 aromatic carbocycles. The molecule has 0 saturated heterocycles. The number of hydrogen-bond acceptors (Lipinski definition) is 4. The highest BCUT2D eigenvalue weighted by Crippen LogP contribution is 2.24. The van der Waals surface area contributed by atoms with E-state index < -0.39 is 5.97 Å². The Balaban J connectivity index is 2.24. The van der Waals surface area contributed by atoms with E-state index in [0.717, 1.165) is 25.7 Å². The average molecular weight is 389 g/mol. The Hall–Kier alpha value is -1.26. The Labute approximate surface area is 159 Å². The van der Waals surface area contributed by atoms with Gasteiger partial charge in [-0.2, -0.15) is 0 Å². The molecule has 1 rings (SSSR count). The van der Waals surface area contributed by atoms with Gasteiger partial charge in [0.2, 0.25) is 0 Å². The van der Waals surface area contributed by atoms with Gasteiger partial charge >= 0.3 is 11.9 Å². The normalized spacial score (nSPS) is 11.8. The standard InChI is InChI=1S/C19H26Cl2O4/c1-3-5-7-14(4-2)13-24-18(22)8-6-9-19(23)25-17-11-15(20)10-16(21)12-17/h10-12,14H,3-9,13H2,1-2H3. The van der Waals surface area contributed by atoms with Crippen LogP contribution in [0.4, 0.5) is 0 Å². The van der Waals surface area contributed by atoms with Gasteiger partial charge in [0, 0.05) is 22.9 Å². The molecule has 0 aliphatic carbocycles. The van der Waals surface area contributed by atoms with E-state index in [1.165, 1.54) is 12.1 Å². The van der Waals surface area contributed by atoms with Crippen LogP contribution >= 0.6 is 23.2 Å². The van der Waals surface area contributed by atoms with Crippen molar-refractivity contribution in [3.63, 3.8) is 0 Å². The number of carbonyl (C=O) groups excluding carboxylic acids is 2.